The maximum atomic E-state index is 12.7. The summed E-state index contributed by atoms with van der Waals surface area (Å²) in [6.45, 7) is 4.92. The number of thiophene rings is 1. The standard InChI is InChI=1S/C22H24N6OS2/c1-3-14-7-8-16-17(11-23)21(31-18(16)10-14)25-19(29)13-30-22-27-26-20(28(22)4-2)15-6-5-9-24-12-15/h5-6,9,12,14H,3-4,7-8,10,13H2,1-2H3,(H,25,29). The molecule has 0 saturated carbocycles. The highest BCUT2D eigenvalue weighted by Crippen LogP contribution is 2.40. The van der Waals surface area contributed by atoms with Crippen LogP contribution in [0.4, 0.5) is 5.00 Å². The zero-order chi connectivity index (χ0) is 21.8. The molecule has 1 atom stereocenters. The zero-order valence-electron chi connectivity index (χ0n) is 17.6. The molecule has 0 spiro atoms. The second-order valence-electron chi connectivity index (χ2n) is 7.47. The van der Waals surface area contributed by atoms with Gasteiger partial charge in [-0.25, -0.2) is 0 Å². The lowest BCUT2D eigenvalue weighted by molar-refractivity contribution is -0.113. The van der Waals surface area contributed by atoms with Gasteiger partial charge in [0.05, 0.1) is 11.3 Å². The maximum Gasteiger partial charge on any atom is 0.235 e. The predicted octanol–water partition coefficient (Wildman–Crippen LogP) is 4.54. The Morgan fingerprint density at radius 2 is 2.29 bits per heavy atom. The molecule has 0 aliphatic heterocycles. The first-order chi connectivity index (χ1) is 15.1. The third-order valence-electron chi connectivity index (χ3n) is 5.59. The molecule has 0 radical (unpaired) electrons. The van der Waals surface area contributed by atoms with Crippen LogP contribution in [0.2, 0.25) is 0 Å². The summed E-state index contributed by atoms with van der Waals surface area (Å²) in [7, 11) is 0. The quantitative estimate of drug-likeness (QED) is 0.529. The van der Waals surface area contributed by atoms with E-state index in [0.29, 0.717) is 28.2 Å². The predicted molar refractivity (Wildman–Crippen MR) is 123 cm³/mol. The first kappa shape index (κ1) is 21.5. The van der Waals surface area contributed by atoms with E-state index in [1.807, 2.05) is 23.6 Å². The minimum atomic E-state index is -0.138. The fraction of sp³-hybridized carbons (Fsp3) is 0.409. The number of fused-ring (bicyclic) bond motifs is 1. The molecule has 0 fully saturated rings. The Balaban J connectivity index is 1.45. The van der Waals surface area contributed by atoms with Gasteiger partial charge in [0.15, 0.2) is 11.0 Å². The number of aromatic nitrogens is 4. The Labute approximate surface area is 189 Å². The second-order valence-corrected chi connectivity index (χ2v) is 9.51. The van der Waals surface area contributed by atoms with Gasteiger partial charge in [0.1, 0.15) is 11.1 Å². The summed E-state index contributed by atoms with van der Waals surface area (Å²) in [5.74, 6) is 1.48. The van der Waals surface area contributed by atoms with Gasteiger partial charge in [0, 0.05) is 29.4 Å². The molecule has 160 valence electrons. The average Bonchev–Trinajstić information content (AvgIpc) is 3.37. The molecule has 1 amide bonds. The molecule has 1 aliphatic carbocycles. The summed E-state index contributed by atoms with van der Waals surface area (Å²) in [6.07, 6.45) is 7.67. The van der Waals surface area contributed by atoms with Gasteiger partial charge in [0.2, 0.25) is 5.91 Å². The van der Waals surface area contributed by atoms with Crippen LogP contribution in [0.1, 0.15) is 42.7 Å². The number of thioether (sulfide) groups is 1. The monoisotopic (exact) mass is 452 g/mol. The Morgan fingerprint density at radius 1 is 1.42 bits per heavy atom. The molecule has 3 aromatic rings. The summed E-state index contributed by atoms with van der Waals surface area (Å²) in [6, 6.07) is 6.11. The third kappa shape index (κ3) is 4.50. The van der Waals surface area contributed by atoms with E-state index < -0.39 is 0 Å². The van der Waals surface area contributed by atoms with E-state index >= 15 is 0 Å². The number of nitriles is 1. The van der Waals surface area contributed by atoms with Crippen molar-refractivity contribution in [2.45, 2.75) is 51.2 Å². The van der Waals surface area contributed by atoms with Crippen LogP contribution in [0.3, 0.4) is 0 Å². The van der Waals surface area contributed by atoms with Gasteiger partial charge in [0.25, 0.3) is 0 Å². The van der Waals surface area contributed by atoms with Gasteiger partial charge < -0.3 is 9.88 Å². The molecule has 1 aliphatic rings. The lowest BCUT2D eigenvalue weighted by atomic mass is 9.86. The van der Waals surface area contributed by atoms with Crippen LogP contribution in [0.15, 0.2) is 29.7 Å². The molecule has 1 unspecified atom stereocenters. The van der Waals surface area contributed by atoms with Crippen LogP contribution in [0.25, 0.3) is 11.4 Å². The SMILES string of the molecule is CCC1CCc2c(sc(NC(=O)CSc3nnc(-c4cccnc4)n3CC)c2C#N)C1. The number of hydrogen-bond acceptors (Lipinski definition) is 7. The van der Waals surface area contributed by atoms with Gasteiger partial charge in [-0.2, -0.15) is 5.26 Å². The number of nitrogens with one attached hydrogen (secondary N) is 1. The van der Waals surface area contributed by atoms with Crippen molar-refractivity contribution in [3.05, 3.63) is 40.5 Å². The van der Waals surface area contributed by atoms with E-state index in [0.717, 1.165) is 42.6 Å². The van der Waals surface area contributed by atoms with Crippen LogP contribution in [0.5, 0.6) is 0 Å². The number of carbonyl (C=O) groups is 1. The van der Waals surface area contributed by atoms with Crippen molar-refractivity contribution >= 4 is 34.0 Å². The Bertz CT molecular complexity index is 1120. The molecule has 1 N–H and O–H groups in total. The van der Waals surface area contributed by atoms with Gasteiger partial charge in [-0.3, -0.25) is 9.78 Å². The van der Waals surface area contributed by atoms with Crippen molar-refractivity contribution in [2.24, 2.45) is 5.92 Å². The van der Waals surface area contributed by atoms with E-state index in [-0.39, 0.29) is 11.7 Å². The van der Waals surface area contributed by atoms with Gasteiger partial charge in [-0.1, -0.05) is 25.1 Å². The molecular formula is C22H24N6OS2. The molecule has 3 aromatic heterocycles. The summed E-state index contributed by atoms with van der Waals surface area (Å²) in [4.78, 5) is 18.1. The van der Waals surface area contributed by atoms with Crippen molar-refractivity contribution in [2.75, 3.05) is 11.1 Å². The van der Waals surface area contributed by atoms with E-state index in [1.165, 1.54) is 16.6 Å². The van der Waals surface area contributed by atoms with Crippen LogP contribution in [-0.4, -0.2) is 31.4 Å². The lowest BCUT2D eigenvalue weighted by Crippen LogP contribution is -2.15. The number of pyridine rings is 1. The minimum Gasteiger partial charge on any atom is -0.316 e. The zero-order valence-corrected chi connectivity index (χ0v) is 19.2. The minimum absolute atomic E-state index is 0.138. The highest BCUT2D eigenvalue weighted by atomic mass is 32.2. The van der Waals surface area contributed by atoms with E-state index in [1.54, 1.807) is 23.7 Å². The third-order valence-corrected chi connectivity index (χ3v) is 7.73. The van der Waals surface area contributed by atoms with E-state index in [2.05, 4.69) is 33.5 Å². The highest BCUT2D eigenvalue weighted by Gasteiger charge is 2.26. The van der Waals surface area contributed by atoms with Gasteiger partial charge >= 0.3 is 0 Å². The van der Waals surface area contributed by atoms with Crippen LogP contribution in [-0.2, 0) is 24.2 Å². The summed E-state index contributed by atoms with van der Waals surface area (Å²) in [5.41, 5.74) is 2.66. The van der Waals surface area contributed by atoms with Gasteiger partial charge in [-0.05, 0) is 49.8 Å². The number of nitrogens with zero attached hydrogens (tertiary/aromatic N) is 5. The first-order valence-corrected chi connectivity index (χ1v) is 12.3. The van der Waals surface area contributed by atoms with Crippen molar-refractivity contribution < 1.29 is 4.79 Å². The normalized spacial score (nSPS) is 15.3. The Hall–Kier alpha value is -2.70. The fourth-order valence-corrected chi connectivity index (χ4v) is 6.02. The van der Waals surface area contributed by atoms with Crippen molar-refractivity contribution in [1.29, 1.82) is 5.26 Å². The van der Waals surface area contributed by atoms with Crippen molar-refractivity contribution in [3.63, 3.8) is 0 Å². The van der Waals surface area contributed by atoms with Crippen LogP contribution < -0.4 is 5.32 Å². The van der Waals surface area contributed by atoms with Crippen LogP contribution >= 0.6 is 23.1 Å². The smallest absolute Gasteiger partial charge is 0.235 e. The summed E-state index contributed by atoms with van der Waals surface area (Å²) in [5, 5.41) is 22.5. The Morgan fingerprint density at radius 3 is 3.00 bits per heavy atom. The highest BCUT2D eigenvalue weighted by molar-refractivity contribution is 7.99. The van der Waals surface area contributed by atoms with E-state index in [9.17, 15) is 10.1 Å². The summed E-state index contributed by atoms with van der Waals surface area (Å²) < 4.78 is 1.98. The molecule has 0 aromatic carbocycles. The summed E-state index contributed by atoms with van der Waals surface area (Å²) >= 11 is 2.91. The second kappa shape index (κ2) is 9.62. The molecular weight excluding hydrogens is 428 g/mol. The maximum absolute atomic E-state index is 12.7. The average molecular weight is 453 g/mol. The molecule has 9 heteroatoms. The number of amides is 1. The molecule has 31 heavy (non-hydrogen) atoms. The number of hydrogen-bond donors (Lipinski definition) is 1. The van der Waals surface area contributed by atoms with Crippen LogP contribution in [0, 0.1) is 17.2 Å². The molecule has 7 nitrogen and oxygen atoms in total. The molecule has 0 bridgehead atoms. The molecule has 0 saturated heterocycles. The lowest BCUT2D eigenvalue weighted by Gasteiger charge is -2.20. The Kier molecular flexibility index (Phi) is 6.68. The van der Waals surface area contributed by atoms with Crippen molar-refractivity contribution in [3.8, 4) is 17.5 Å². The topological polar surface area (TPSA) is 96.5 Å². The van der Waals surface area contributed by atoms with E-state index in [4.69, 9.17) is 0 Å². The molecule has 3 heterocycles. The first-order valence-electron chi connectivity index (χ1n) is 10.4. The largest absolute Gasteiger partial charge is 0.316 e. The van der Waals surface area contributed by atoms with Gasteiger partial charge in [-0.15, -0.1) is 21.5 Å². The molecule has 4 rings (SSSR count). The fourth-order valence-electron chi connectivity index (χ4n) is 3.89. The number of carbonyl (C=O) groups excluding carboxylic acids is 1. The number of anilines is 1. The van der Waals surface area contributed by atoms with Crippen molar-refractivity contribution in [1.82, 2.24) is 19.7 Å². The number of rotatable bonds is 7.